The summed E-state index contributed by atoms with van der Waals surface area (Å²) < 4.78 is 0. The van der Waals surface area contributed by atoms with Crippen LogP contribution in [-0.4, -0.2) is 47.9 Å². The highest BCUT2D eigenvalue weighted by Crippen LogP contribution is 2.39. The van der Waals surface area contributed by atoms with Gasteiger partial charge >= 0.3 is 0 Å². The first-order valence-electron chi connectivity index (χ1n) is 12.9. The highest BCUT2D eigenvalue weighted by Gasteiger charge is 2.38. The van der Waals surface area contributed by atoms with E-state index >= 15 is 0 Å². The molecule has 1 aromatic heterocycles. The van der Waals surface area contributed by atoms with Crippen molar-refractivity contribution in [2.45, 2.75) is 57.8 Å². The first-order valence-corrected chi connectivity index (χ1v) is 12.9. The van der Waals surface area contributed by atoms with Gasteiger partial charge in [0.25, 0.3) is 0 Å². The SMILES string of the molecule is CC1(C(=O)N2CCC(c3ccc(NC(=O)C4CN(c5cccnc5)C4)cc3)CC2)CCCCC1. The summed E-state index contributed by atoms with van der Waals surface area (Å²) in [6, 6.07) is 12.3. The minimum atomic E-state index is -0.138. The van der Waals surface area contributed by atoms with Gasteiger partial charge in [-0.05, 0) is 61.4 Å². The smallest absolute Gasteiger partial charge is 0.231 e. The molecular weight excluding hydrogens is 424 g/mol. The molecular formula is C28H36N4O2. The maximum absolute atomic E-state index is 13.1. The molecule has 2 amide bonds. The fraction of sp³-hybridized carbons (Fsp3) is 0.536. The van der Waals surface area contributed by atoms with E-state index in [1.54, 1.807) is 6.20 Å². The van der Waals surface area contributed by atoms with Crippen molar-refractivity contribution in [3.05, 3.63) is 54.4 Å². The molecule has 0 bridgehead atoms. The van der Waals surface area contributed by atoms with Crippen LogP contribution in [0.25, 0.3) is 0 Å². The molecule has 0 spiro atoms. The van der Waals surface area contributed by atoms with Gasteiger partial charge in [-0.3, -0.25) is 14.6 Å². The van der Waals surface area contributed by atoms with Crippen molar-refractivity contribution in [1.82, 2.24) is 9.88 Å². The van der Waals surface area contributed by atoms with E-state index in [0.29, 0.717) is 11.8 Å². The number of benzene rings is 1. The predicted octanol–water partition coefficient (Wildman–Crippen LogP) is 4.83. The molecule has 3 fully saturated rings. The zero-order chi connectivity index (χ0) is 23.5. The number of amides is 2. The second-order valence-corrected chi connectivity index (χ2v) is 10.6. The van der Waals surface area contributed by atoms with Crippen LogP contribution in [0, 0.1) is 11.3 Å². The number of aromatic nitrogens is 1. The van der Waals surface area contributed by atoms with Crippen molar-refractivity contribution < 1.29 is 9.59 Å². The largest absolute Gasteiger partial charge is 0.369 e. The maximum Gasteiger partial charge on any atom is 0.231 e. The molecule has 1 aromatic carbocycles. The molecule has 0 radical (unpaired) electrons. The number of nitrogens with zero attached hydrogens (tertiary/aromatic N) is 3. The Hall–Kier alpha value is -2.89. The summed E-state index contributed by atoms with van der Waals surface area (Å²) in [4.78, 5) is 34.2. The summed E-state index contributed by atoms with van der Waals surface area (Å²) in [6.45, 7) is 5.34. The Labute approximate surface area is 202 Å². The molecule has 1 saturated carbocycles. The molecule has 1 N–H and O–H groups in total. The molecule has 34 heavy (non-hydrogen) atoms. The lowest BCUT2D eigenvalue weighted by molar-refractivity contribution is -0.144. The molecule has 6 heteroatoms. The van der Waals surface area contributed by atoms with Crippen molar-refractivity contribution in [2.24, 2.45) is 11.3 Å². The lowest BCUT2D eigenvalue weighted by atomic mass is 9.74. The zero-order valence-corrected chi connectivity index (χ0v) is 20.2. The van der Waals surface area contributed by atoms with Gasteiger partial charge in [-0.1, -0.05) is 38.3 Å². The average molecular weight is 461 g/mol. The van der Waals surface area contributed by atoms with Gasteiger partial charge in [0.05, 0.1) is 17.8 Å². The molecule has 6 nitrogen and oxygen atoms in total. The van der Waals surface area contributed by atoms with Gasteiger partial charge in [-0.15, -0.1) is 0 Å². The van der Waals surface area contributed by atoms with Crippen LogP contribution in [0.4, 0.5) is 11.4 Å². The predicted molar refractivity (Wildman–Crippen MR) is 135 cm³/mol. The minimum Gasteiger partial charge on any atom is -0.369 e. The maximum atomic E-state index is 13.1. The summed E-state index contributed by atoms with van der Waals surface area (Å²) >= 11 is 0. The van der Waals surface area contributed by atoms with Gasteiger partial charge in [0.2, 0.25) is 11.8 Å². The van der Waals surface area contributed by atoms with E-state index in [2.05, 4.69) is 39.2 Å². The summed E-state index contributed by atoms with van der Waals surface area (Å²) in [7, 11) is 0. The van der Waals surface area contributed by atoms with Crippen LogP contribution in [0.2, 0.25) is 0 Å². The van der Waals surface area contributed by atoms with E-state index in [0.717, 1.165) is 63.2 Å². The molecule has 3 aliphatic rings. The van der Waals surface area contributed by atoms with Gasteiger partial charge in [-0.25, -0.2) is 0 Å². The lowest BCUT2D eigenvalue weighted by Crippen LogP contribution is -2.52. The molecule has 2 aromatic rings. The number of likely N-dealkylation sites (tertiary alicyclic amines) is 1. The fourth-order valence-corrected chi connectivity index (χ4v) is 5.82. The number of anilines is 2. The first kappa shape index (κ1) is 22.9. The Bertz CT molecular complexity index is 987. The topological polar surface area (TPSA) is 65.5 Å². The van der Waals surface area contributed by atoms with E-state index in [9.17, 15) is 9.59 Å². The van der Waals surface area contributed by atoms with Crippen LogP contribution in [0.5, 0.6) is 0 Å². The monoisotopic (exact) mass is 460 g/mol. The normalized spacial score (nSPS) is 21.1. The number of carbonyl (C=O) groups excluding carboxylic acids is 2. The lowest BCUT2D eigenvalue weighted by Gasteiger charge is -2.40. The number of hydrogen-bond acceptors (Lipinski definition) is 4. The van der Waals surface area contributed by atoms with Gasteiger partial charge in [-0.2, -0.15) is 0 Å². The molecule has 180 valence electrons. The van der Waals surface area contributed by atoms with E-state index < -0.39 is 0 Å². The first-order chi connectivity index (χ1) is 16.5. The Morgan fingerprint density at radius 2 is 1.71 bits per heavy atom. The van der Waals surface area contributed by atoms with Gasteiger partial charge in [0.15, 0.2) is 0 Å². The van der Waals surface area contributed by atoms with E-state index in [1.165, 1.54) is 24.8 Å². The third-order valence-electron chi connectivity index (χ3n) is 8.17. The minimum absolute atomic E-state index is 0.00719. The van der Waals surface area contributed by atoms with Crippen LogP contribution < -0.4 is 10.2 Å². The third-order valence-corrected chi connectivity index (χ3v) is 8.17. The van der Waals surface area contributed by atoms with E-state index in [-0.39, 0.29) is 17.2 Å². The number of carbonyl (C=O) groups is 2. The summed E-state index contributed by atoms with van der Waals surface area (Å²) in [5, 5.41) is 3.07. The van der Waals surface area contributed by atoms with Gasteiger partial charge in [0.1, 0.15) is 0 Å². The highest BCUT2D eigenvalue weighted by atomic mass is 16.2. The quantitative estimate of drug-likeness (QED) is 0.694. The summed E-state index contributed by atoms with van der Waals surface area (Å²) in [6.07, 6.45) is 11.4. The number of piperidine rings is 1. The van der Waals surface area contributed by atoms with E-state index in [4.69, 9.17) is 0 Å². The molecule has 2 aliphatic heterocycles. The van der Waals surface area contributed by atoms with Crippen molar-refractivity contribution >= 4 is 23.2 Å². The standard InChI is InChI=1S/C28H36N4O2/c1-28(13-3-2-4-14-28)27(34)31-16-11-22(12-17-31)21-7-9-24(10-8-21)30-26(33)23-19-32(20-23)25-6-5-15-29-18-25/h5-10,15,18,22-23H,2-4,11-14,16-17,19-20H2,1H3,(H,30,33). The summed E-state index contributed by atoms with van der Waals surface area (Å²) in [5.74, 6) is 0.943. The number of rotatable bonds is 5. The Kier molecular flexibility index (Phi) is 6.57. The van der Waals surface area contributed by atoms with Gasteiger partial charge in [0, 0.05) is 43.5 Å². The molecule has 3 heterocycles. The van der Waals surface area contributed by atoms with Crippen molar-refractivity contribution in [2.75, 3.05) is 36.4 Å². The third kappa shape index (κ3) is 4.82. The van der Waals surface area contributed by atoms with Crippen molar-refractivity contribution in [3.8, 4) is 0 Å². The Morgan fingerprint density at radius 1 is 1.00 bits per heavy atom. The van der Waals surface area contributed by atoms with Crippen LogP contribution >= 0.6 is 0 Å². The Balaban J connectivity index is 1.09. The molecule has 1 aliphatic carbocycles. The molecule has 2 saturated heterocycles. The molecule has 5 rings (SSSR count). The molecule has 0 atom stereocenters. The molecule has 0 unspecified atom stereocenters. The van der Waals surface area contributed by atoms with Crippen LogP contribution in [0.1, 0.15) is 63.4 Å². The van der Waals surface area contributed by atoms with Crippen molar-refractivity contribution in [3.63, 3.8) is 0 Å². The average Bonchev–Trinajstić information content (AvgIpc) is 2.84. The van der Waals surface area contributed by atoms with E-state index in [1.807, 2.05) is 30.5 Å². The van der Waals surface area contributed by atoms with Crippen LogP contribution in [0.15, 0.2) is 48.8 Å². The second kappa shape index (κ2) is 9.77. The number of hydrogen-bond donors (Lipinski definition) is 1. The Morgan fingerprint density at radius 3 is 2.35 bits per heavy atom. The zero-order valence-electron chi connectivity index (χ0n) is 20.2. The van der Waals surface area contributed by atoms with Crippen LogP contribution in [-0.2, 0) is 9.59 Å². The second-order valence-electron chi connectivity index (χ2n) is 10.6. The van der Waals surface area contributed by atoms with Gasteiger partial charge < -0.3 is 15.1 Å². The number of nitrogens with one attached hydrogen (secondary N) is 1. The number of pyridine rings is 1. The summed E-state index contributed by atoms with van der Waals surface area (Å²) in [5.41, 5.74) is 3.09. The van der Waals surface area contributed by atoms with Crippen LogP contribution in [0.3, 0.4) is 0 Å². The van der Waals surface area contributed by atoms with Crippen molar-refractivity contribution in [1.29, 1.82) is 0 Å². The fourth-order valence-electron chi connectivity index (χ4n) is 5.82. The highest BCUT2D eigenvalue weighted by molar-refractivity contribution is 5.94.